The highest BCUT2D eigenvalue weighted by molar-refractivity contribution is 4.94. The Morgan fingerprint density at radius 2 is 1.88 bits per heavy atom. The molecule has 0 radical (unpaired) electrons. The van der Waals surface area contributed by atoms with Crippen LogP contribution in [0.5, 0.6) is 0 Å². The normalized spacial score (nSPS) is 39.2. The third-order valence-electron chi connectivity index (χ3n) is 4.73. The van der Waals surface area contributed by atoms with E-state index in [1.807, 2.05) is 0 Å². The molecule has 2 aliphatic rings. The SMILES string of the molecule is CC(C)C1COC2CCC(C(C)(C)C)CC2N1. The maximum atomic E-state index is 6.05. The Balaban J connectivity index is 1.97. The highest BCUT2D eigenvalue weighted by Gasteiger charge is 2.39. The van der Waals surface area contributed by atoms with Crippen LogP contribution in [-0.2, 0) is 4.74 Å². The lowest BCUT2D eigenvalue weighted by Gasteiger charge is -2.47. The molecule has 1 saturated carbocycles. The summed E-state index contributed by atoms with van der Waals surface area (Å²) in [5.41, 5.74) is 0.442. The second-order valence-corrected chi connectivity index (χ2v) is 7.37. The van der Waals surface area contributed by atoms with Crippen LogP contribution in [-0.4, -0.2) is 24.8 Å². The van der Waals surface area contributed by atoms with E-state index in [4.69, 9.17) is 4.74 Å². The summed E-state index contributed by atoms with van der Waals surface area (Å²) in [4.78, 5) is 0. The van der Waals surface area contributed by atoms with Crippen LogP contribution in [0.3, 0.4) is 0 Å². The molecule has 4 atom stereocenters. The van der Waals surface area contributed by atoms with Gasteiger partial charge >= 0.3 is 0 Å². The zero-order chi connectivity index (χ0) is 12.6. The molecule has 0 amide bonds. The van der Waals surface area contributed by atoms with Gasteiger partial charge in [-0.15, -0.1) is 0 Å². The second-order valence-electron chi connectivity index (χ2n) is 7.37. The van der Waals surface area contributed by atoms with E-state index >= 15 is 0 Å². The lowest BCUT2D eigenvalue weighted by molar-refractivity contribution is -0.0717. The molecule has 1 heterocycles. The van der Waals surface area contributed by atoms with E-state index in [0.717, 1.165) is 12.5 Å². The minimum Gasteiger partial charge on any atom is -0.375 e. The zero-order valence-corrected chi connectivity index (χ0v) is 12.1. The third-order valence-corrected chi connectivity index (χ3v) is 4.73. The molecule has 0 aromatic heterocycles. The van der Waals surface area contributed by atoms with Gasteiger partial charge in [0.1, 0.15) is 0 Å². The van der Waals surface area contributed by atoms with Gasteiger partial charge in [0.15, 0.2) is 0 Å². The van der Waals surface area contributed by atoms with Crippen molar-refractivity contribution in [3.05, 3.63) is 0 Å². The predicted octanol–water partition coefficient (Wildman–Crippen LogP) is 3.21. The molecule has 100 valence electrons. The molecule has 17 heavy (non-hydrogen) atoms. The minimum absolute atomic E-state index is 0.442. The van der Waals surface area contributed by atoms with Gasteiger partial charge in [0, 0.05) is 12.1 Å². The average molecular weight is 239 g/mol. The van der Waals surface area contributed by atoms with E-state index in [1.54, 1.807) is 0 Å². The van der Waals surface area contributed by atoms with Gasteiger partial charge in [-0.2, -0.15) is 0 Å². The van der Waals surface area contributed by atoms with Crippen molar-refractivity contribution in [1.82, 2.24) is 5.32 Å². The van der Waals surface area contributed by atoms with E-state index in [0.29, 0.717) is 29.5 Å². The molecule has 1 N–H and O–H groups in total. The lowest BCUT2D eigenvalue weighted by atomic mass is 9.69. The molecule has 0 spiro atoms. The fourth-order valence-electron chi connectivity index (χ4n) is 3.24. The Hall–Kier alpha value is -0.0800. The number of fused-ring (bicyclic) bond motifs is 1. The van der Waals surface area contributed by atoms with Crippen molar-refractivity contribution in [1.29, 1.82) is 0 Å². The highest BCUT2D eigenvalue weighted by Crippen LogP contribution is 2.39. The smallest absolute Gasteiger partial charge is 0.0729 e. The van der Waals surface area contributed by atoms with Crippen LogP contribution >= 0.6 is 0 Å². The molecule has 0 aromatic carbocycles. The molecule has 2 rings (SSSR count). The molecule has 4 unspecified atom stereocenters. The molecule has 2 fully saturated rings. The van der Waals surface area contributed by atoms with E-state index in [1.165, 1.54) is 19.3 Å². The average Bonchev–Trinajstić information content (AvgIpc) is 2.26. The first kappa shape index (κ1) is 13.4. The quantitative estimate of drug-likeness (QED) is 0.758. The van der Waals surface area contributed by atoms with Crippen molar-refractivity contribution >= 4 is 0 Å². The first-order valence-electron chi connectivity index (χ1n) is 7.25. The van der Waals surface area contributed by atoms with Crippen LogP contribution in [0, 0.1) is 17.3 Å². The topological polar surface area (TPSA) is 21.3 Å². The number of hydrogen-bond acceptors (Lipinski definition) is 2. The van der Waals surface area contributed by atoms with Crippen molar-refractivity contribution < 1.29 is 4.74 Å². The Morgan fingerprint density at radius 1 is 1.18 bits per heavy atom. The van der Waals surface area contributed by atoms with Crippen LogP contribution in [0.4, 0.5) is 0 Å². The third kappa shape index (κ3) is 3.03. The van der Waals surface area contributed by atoms with Gasteiger partial charge in [0.25, 0.3) is 0 Å². The second kappa shape index (κ2) is 4.89. The molecule has 1 aliphatic carbocycles. The number of hydrogen-bond donors (Lipinski definition) is 1. The Morgan fingerprint density at radius 3 is 2.47 bits per heavy atom. The summed E-state index contributed by atoms with van der Waals surface area (Å²) >= 11 is 0. The Kier molecular flexibility index (Phi) is 3.84. The van der Waals surface area contributed by atoms with E-state index in [9.17, 15) is 0 Å². The van der Waals surface area contributed by atoms with Crippen LogP contribution < -0.4 is 5.32 Å². The number of morpholine rings is 1. The van der Waals surface area contributed by atoms with Gasteiger partial charge in [-0.25, -0.2) is 0 Å². The van der Waals surface area contributed by atoms with Crippen molar-refractivity contribution in [2.45, 2.75) is 72.1 Å². The van der Waals surface area contributed by atoms with E-state index in [2.05, 4.69) is 39.9 Å². The summed E-state index contributed by atoms with van der Waals surface area (Å²) in [6.07, 6.45) is 4.34. The molecule has 2 nitrogen and oxygen atoms in total. The molecule has 2 heteroatoms. The van der Waals surface area contributed by atoms with Gasteiger partial charge in [-0.1, -0.05) is 34.6 Å². The number of rotatable bonds is 1. The van der Waals surface area contributed by atoms with Crippen LogP contribution in [0.2, 0.25) is 0 Å². The summed E-state index contributed by atoms with van der Waals surface area (Å²) in [7, 11) is 0. The lowest BCUT2D eigenvalue weighted by Crippen LogP contribution is -2.58. The Labute approximate surface area is 107 Å². The van der Waals surface area contributed by atoms with Gasteiger partial charge in [-0.05, 0) is 36.5 Å². The Bertz CT molecular complexity index is 256. The first-order valence-corrected chi connectivity index (χ1v) is 7.25. The van der Waals surface area contributed by atoms with Crippen LogP contribution in [0.15, 0.2) is 0 Å². The summed E-state index contributed by atoms with van der Waals surface area (Å²) in [6.45, 7) is 12.6. The monoisotopic (exact) mass is 239 g/mol. The van der Waals surface area contributed by atoms with Crippen molar-refractivity contribution in [3.63, 3.8) is 0 Å². The molecular formula is C15H29NO. The summed E-state index contributed by atoms with van der Waals surface area (Å²) < 4.78 is 6.05. The van der Waals surface area contributed by atoms with E-state index < -0.39 is 0 Å². The zero-order valence-electron chi connectivity index (χ0n) is 12.1. The van der Waals surface area contributed by atoms with Crippen molar-refractivity contribution in [3.8, 4) is 0 Å². The van der Waals surface area contributed by atoms with Crippen molar-refractivity contribution in [2.75, 3.05) is 6.61 Å². The molecule has 1 saturated heterocycles. The predicted molar refractivity (Wildman–Crippen MR) is 72.1 cm³/mol. The van der Waals surface area contributed by atoms with Gasteiger partial charge in [0.2, 0.25) is 0 Å². The number of ether oxygens (including phenoxy) is 1. The first-order chi connectivity index (χ1) is 7.88. The molecule has 1 aliphatic heterocycles. The standard InChI is InChI=1S/C15H29NO/c1-10(2)13-9-17-14-7-6-11(15(3,4)5)8-12(14)16-13/h10-14,16H,6-9H2,1-5H3. The van der Waals surface area contributed by atoms with Crippen LogP contribution in [0.25, 0.3) is 0 Å². The fraction of sp³-hybridized carbons (Fsp3) is 1.00. The maximum absolute atomic E-state index is 6.05. The van der Waals surface area contributed by atoms with Crippen LogP contribution in [0.1, 0.15) is 53.9 Å². The van der Waals surface area contributed by atoms with Gasteiger partial charge in [0.05, 0.1) is 12.7 Å². The molecule has 0 aromatic rings. The van der Waals surface area contributed by atoms with Gasteiger partial charge < -0.3 is 10.1 Å². The highest BCUT2D eigenvalue weighted by atomic mass is 16.5. The van der Waals surface area contributed by atoms with Crippen molar-refractivity contribution in [2.24, 2.45) is 17.3 Å². The molecular weight excluding hydrogens is 210 g/mol. The van der Waals surface area contributed by atoms with Gasteiger partial charge in [-0.3, -0.25) is 0 Å². The maximum Gasteiger partial charge on any atom is 0.0729 e. The van der Waals surface area contributed by atoms with E-state index in [-0.39, 0.29) is 0 Å². The summed E-state index contributed by atoms with van der Waals surface area (Å²) in [5.74, 6) is 1.51. The summed E-state index contributed by atoms with van der Waals surface area (Å²) in [6, 6.07) is 1.14. The number of nitrogens with one attached hydrogen (secondary N) is 1. The largest absolute Gasteiger partial charge is 0.375 e. The fourth-order valence-corrected chi connectivity index (χ4v) is 3.24. The molecule has 0 bridgehead atoms. The summed E-state index contributed by atoms with van der Waals surface area (Å²) in [5, 5.41) is 3.83. The minimum atomic E-state index is 0.442.